The average Bonchev–Trinajstić information content (AvgIpc) is 2.86. The van der Waals surface area contributed by atoms with Gasteiger partial charge in [0, 0.05) is 16.2 Å². The lowest BCUT2D eigenvalue weighted by molar-refractivity contribution is -0.195. The van der Waals surface area contributed by atoms with Gasteiger partial charge in [0.05, 0.1) is 26.4 Å². The van der Waals surface area contributed by atoms with Crippen LogP contribution in [0.2, 0.25) is 0 Å². The van der Waals surface area contributed by atoms with E-state index in [2.05, 4.69) is 0 Å². The minimum absolute atomic E-state index is 0.233. The van der Waals surface area contributed by atoms with Crippen molar-refractivity contribution >= 4 is 23.3 Å². The Morgan fingerprint density at radius 1 is 1.04 bits per heavy atom. The van der Waals surface area contributed by atoms with Crippen LogP contribution in [0.15, 0.2) is 10.8 Å². The zero-order chi connectivity index (χ0) is 16.5. The Hall–Kier alpha value is -1.76. The van der Waals surface area contributed by atoms with Crippen LogP contribution < -0.4 is 9.47 Å². The van der Waals surface area contributed by atoms with E-state index in [0.717, 1.165) is 11.5 Å². The van der Waals surface area contributed by atoms with Crippen molar-refractivity contribution in [1.29, 1.82) is 0 Å². The van der Waals surface area contributed by atoms with Gasteiger partial charge in [0.15, 0.2) is 16.9 Å². The molecule has 2 aliphatic rings. The molecule has 1 spiro atoms. The van der Waals surface area contributed by atoms with E-state index in [4.69, 9.17) is 18.9 Å². The fourth-order valence-electron chi connectivity index (χ4n) is 3.33. The minimum Gasteiger partial charge on any atom is -0.488 e. The van der Waals surface area contributed by atoms with Crippen LogP contribution in [0.3, 0.4) is 0 Å². The predicted molar refractivity (Wildman–Crippen MR) is 82.7 cm³/mol. The third-order valence-electron chi connectivity index (χ3n) is 4.35. The van der Waals surface area contributed by atoms with Crippen LogP contribution in [0.25, 0.3) is 0 Å². The lowest BCUT2D eigenvalue weighted by atomic mass is 9.53. The van der Waals surface area contributed by atoms with E-state index in [1.807, 2.05) is 10.8 Å². The van der Waals surface area contributed by atoms with Gasteiger partial charge in [0.2, 0.25) is 0 Å². The SMILES string of the molecule is CCOC(=O)C1(C(=O)OCC)CC2(COc3cscc3OC2)C1. The summed E-state index contributed by atoms with van der Waals surface area (Å²) in [5, 5.41) is 3.77. The Morgan fingerprint density at radius 3 is 1.96 bits per heavy atom. The molecule has 0 radical (unpaired) electrons. The Bertz CT molecular complexity index is 557. The predicted octanol–water partition coefficient (Wildman–Crippen LogP) is 2.41. The van der Waals surface area contributed by atoms with Gasteiger partial charge in [0.25, 0.3) is 0 Å². The van der Waals surface area contributed by atoms with Crippen molar-refractivity contribution in [2.75, 3.05) is 26.4 Å². The molecule has 1 fully saturated rings. The van der Waals surface area contributed by atoms with E-state index in [0.29, 0.717) is 26.1 Å². The number of carbonyl (C=O) groups is 2. The third-order valence-corrected chi connectivity index (χ3v) is 5.05. The summed E-state index contributed by atoms with van der Waals surface area (Å²) >= 11 is 1.51. The van der Waals surface area contributed by atoms with Crippen LogP contribution in [-0.4, -0.2) is 38.4 Å². The lowest BCUT2D eigenvalue weighted by Crippen LogP contribution is -2.60. The zero-order valence-corrected chi connectivity index (χ0v) is 14.1. The summed E-state index contributed by atoms with van der Waals surface area (Å²) in [5.74, 6) is 0.415. The Labute approximate surface area is 138 Å². The number of carbonyl (C=O) groups excluding carboxylic acids is 2. The zero-order valence-electron chi connectivity index (χ0n) is 13.3. The highest BCUT2D eigenvalue weighted by Gasteiger charge is 2.66. The monoisotopic (exact) mass is 340 g/mol. The fraction of sp³-hybridized carbons (Fsp3) is 0.625. The number of ether oxygens (including phenoxy) is 4. The quantitative estimate of drug-likeness (QED) is 0.619. The van der Waals surface area contributed by atoms with Gasteiger partial charge in [-0.25, -0.2) is 0 Å². The van der Waals surface area contributed by atoms with Crippen molar-refractivity contribution in [3.05, 3.63) is 10.8 Å². The number of hydrogen-bond acceptors (Lipinski definition) is 7. The van der Waals surface area contributed by atoms with E-state index < -0.39 is 17.4 Å². The highest BCUT2D eigenvalue weighted by atomic mass is 32.1. The van der Waals surface area contributed by atoms with Gasteiger partial charge >= 0.3 is 11.9 Å². The second kappa shape index (κ2) is 6.03. The van der Waals surface area contributed by atoms with Crippen molar-refractivity contribution in [3.8, 4) is 11.5 Å². The van der Waals surface area contributed by atoms with E-state index in [9.17, 15) is 9.59 Å². The maximum Gasteiger partial charge on any atom is 0.323 e. The standard InChI is InChI=1S/C16H20O6S/c1-3-19-13(17)16(14(18)20-4-2)7-15(8-16)9-21-11-5-23-6-12(11)22-10-15/h5-6H,3-4,7-10H2,1-2H3. The first-order chi connectivity index (χ1) is 11.1. The van der Waals surface area contributed by atoms with E-state index >= 15 is 0 Å². The Balaban J connectivity index is 1.75. The van der Waals surface area contributed by atoms with Gasteiger partial charge in [-0.1, -0.05) is 0 Å². The first kappa shape index (κ1) is 16.1. The maximum absolute atomic E-state index is 12.3. The fourth-order valence-corrected chi connectivity index (χ4v) is 4.01. The van der Waals surface area contributed by atoms with Crippen molar-refractivity contribution in [3.63, 3.8) is 0 Å². The van der Waals surface area contributed by atoms with Crippen LogP contribution in [0.5, 0.6) is 11.5 Å². The van der Waals surface area contributed by atoms with Crippen LogP contribution in [0, 0.1) is 10.8 Å². The second-order valence-electron chi connectivity index (χ2n) is 6.05. The molecule has 0 unspecified atom stereocenters. The molecule has 1 saturated carbocycles. The molecular formula is C16H20O6S. The molecule has 0 bridgehead atoms. The largest absolute Gasteiger partial charge is 0.488 e. The molecule has 0 atom stereocenters. The van der Waals surface area contributed by atoms with E-state index in [1.165, 1.54) is 11.3 Å². The van der Waals surface area contributed by atoms with Gasteiger partial charge in [-0.3, -0.25) is 9.59 Å². The van der Waals surface area contributed by atoms with Crippen LogP contribution >= 0.6 is 11.3 Å². The number of fused-ring (bicyclic) bond motifs is 1. The molecule has 0 N–H and O–H groups in total. The first-order valence-corrected chi connectivity index (χ1v) is 8.66. The van der Waals surface area contributed by atoms with Crippen LogP contribution in [-0.2, 0) is 19.1 Å². The summed E-state index contributed by atoms with van der Waals surface area (Å²) in [6.45, 7) is 4.74. The minimum atomic E-state index is -1.23. The molecule has 0 saturated heterocycles. The highest BCUT2D eigenvalue weighted by molar-refractivity contribution is 7.08. The van der Waals surface area contributed by atoms with Crippen molar-refractivity contribution in [1.82, 2.24) is 0 Å². The molecule has 3 rings (SSSR count). The molecular weight excluding hydrogens is 320 g/mol. The molecule has 1 aromatic rings. The molecule has 7 heteroatoms. The second-order valence-corrected chi connectivity index (χ2v) is 6.80. The van der Waals surface area contributed by atoms with Gasteiger partial charge in [-0.2, -0.15) is 0 Å². The molecule has 0 amide bonds. The van der Waals surface area contributed by atoms with Gasteiger partial charge in [0.1, 0.15) is 0 Å². The van der Waals surface area contributed by atoms with Crippen molar-refractivity contribution in [2.24, 2.45) is 10.8 Å². The average molecular weight is 340 g/mol. The number of rotatable bonds is 4. The van der Waals surface area contributed by atoms with Crippen LogP contribution in [0.4, 0.5) is 0 Å². The molecule has 126 valence electrons. The topological polar surface area (TPSA) is 71.1 Å². The molecule has 6 nitrogen and oxygen atoms in total. The Kier molecular flexibility index (Phi) is 4.23. The van der Waals surface area contributed by atoms with Crippen molar-refractivity contribution < 1.29 is 28.5 Å². The normalized spacial score (nSPS) is 20.3. The van der Waals surface area contributed by atoms with Gasteiger partial charge in [-0.15, -0.1) is 11.3 Å². The lowest BCUT2D eigenvalue weighted by Gasteiger charge is -2.50. The molecule has 1 aliphatic heterocycles. The molecule has 23 heavy (non-hydrogen) atoms. The molecule has 1 aromatic heterocycles. The van der Waals surface area contributed by atoms with E-state index in [-0.39, 0.29) is 18.6 Å². The smallest absolute Gasteiger partial charge is 0.323 e. The first-order valence-electron chi connectivity index (χ1n) is 7.71. The van der Waals surface area contributed by atoms with Crippen LogP contribution in [0.1, 0.15) is 26.7 Å². The third kappa shape index (κ3) is 2.67. The van der Waals surface area contributed by atoms with Gasteiger partial charge < -0.3 is 18.9 Å². The van der Waals surface area contributed by atoms with E-state index in [1.54, 1.807) is 13.8 Å². The summed E-state index contributed by atoms with van der Waals surface area (Å²) in [7, 11) is 0. The molecule has 2 heterocycles. The number of esters is 2. The maximum atomic E-state index is 12.3. The summed E-state index contributed by atoms with van der Waals surface area (Å²) in [6.07, 6.45) is 0.650. The van der Waals surface area contributed by atoms with Crippen molar-refractivity contribution in [2.45, 2.75) is 26.7 Å². The Morgan fingerprint density at radius 2 is 1.52 bits per heavy atom. The summed E-state index contributed by atoms with van der Waals surface area (Å²) in [4.78, 5) is 24.7. The molecule has 1 aliphatic carbocycles. The summed E-state index contributed by atoms with van der Waals surface area (Å²) in [6, 6.07) is 0. The summed E-state index contributed by atoms with van der Waals surface area (Å²) in [5.41, 5.74) is -1.59. The molecule has 0 aromatic carbocycles. The summed E-state index contributed by atoms with van der Waals surface area (Å²) < 4.78 is 21.8. The van der Waals surface area contributed by atoms with Gasteiger partial charge in [-0.05, 0) is 26.7 Å². The number of hydrogen-bond donors (Lipinski definition) is 0. The highest BCUT2D eigenvalue weighted by Crippen LogP contribution is 2.57. The number of thiophene rings is 1.